The lowest BCUT2D eigenvalue weighted by Gasteiger charge is -2.33. The van der Waals surface area contributed by atoms with Gasteiger partial charge in [-0.05, 0) is 42.5 Å². The molecule has 0 saturated heterocycles. The van der Waals surface area contributed by atoms with Crippen LogP contribution in [0.2, 0.25) is 0 Å². The van der Waals surface area contributed by atoms with Gasteiger partial charge in [-0.15, -0.1) is 11.3 Å². The number of ether oxygens (including phenoxy) is 2. The van der Waals surface area contributed by atoms with Crippen LogP contribution >= 0.6 is 11.3 Å². The maximum atomic E-state index is 12.9. The summed E-state index contributed by atoms with van der Waals surface area (Å²) >= 11 is 1.77. The summed E-state index contributed by atoms with van der Waals surface area (Å²) in [5, 5.41) is 2.10. The molecule has 0 spiro atoms. The summed E-state index contributed by atoms with van der Waals surface area (Å²) in [4.78, 5) is 16.2. The molecule has 3 rings (SSSR count). The molecule has 0 saturated carbocycles. The summed E-state index contributed by atoms with van der Waals surface area (Å²) in [6.07, 6.45) is 0.921. The van der Waals surface area contributed by atoms with Gasteiger partial charge in [0.2, 0.25) is 0 Å². The van der Waals surface area contributed by atoms with Gasteiger partial charge in [0.25, 0.3) is 5.91 Å². The quantitative estimate of drug-likeness (QED) is 0.869. The molecule has 1 aliphatic heterocycles. The highest BCUT2D eigenvalue weighted by molar-refractivity contribution is 7.10. The third kappa shape index (κ3) is 2.57. The van der Waals surface area contributed by atoms with E-state index in [1.807, 2.05) is 4.90 Å². The van der Waals surface area contributed by atoms with Crippen LogP contribution in [0.1, 0.15) is 33.8 Å². The Kier molecular flexibility index (Phi) is 4.07. The number of hydrogen-bond donors (Lipinski definition) is 0. The molecule has 22 heavy (non-hydrogen) atoms. The van der Waals surface area contributed by atoms with Crippen LogP contribution in [-0.4, -0.2) is 31.6 Å². The lowest BCUT2D eigenvalue weighted by molar-refractivity contribution is 0.0678. The average molecular weight is 317 g/mol. The zero-order valence-corrected chi connectivity index (χ0v) is 13.8. The molecule has 0 fully saturated rings. The monoisotopic (exact) mass is 317 g/mol. The van der Waals surface area contributed by atoms with Crippen LogP contribution in [0, 0.1) is 0 Å². The van der Waals surface area contributed by atoms with Gasteiger partial charge in [0.1, 0.15) is 11.5 Å². The Morgan fingerprint density at radius 1 is 1.23 bits per heavy atom. The molecule has 1 amide bonds. The lowest BCUT2D eigenvalue weighted by atomic mass is 10.00. The molecule has 0 radical (unpaired) electrons. The van der Waals surface area contributed by atoms with Crippen LogP contribution in [-0.2, 0) is 6.42 Å². The maximum Gasteiger partial charge on any atom is 0.254 e. The Morgan fingerprint density at radius 2 is 1.91 bits per heavy atom. The Balaban J connectivity index is 1.91. The number of hydrogen-bond acceptors (Lipinski definition) is 4. The number of carbonyl (C=O) groups excluding carboxylic acids is 1. The van der Waals surface area contributed by atoms with E-state index in [2.05, 4.69) is 18.4 Å². The van der Waals surface area contributed by atoms with Gasteiger partial charge < -0.3 is 14.4 Å². The summed E-state index contributed by atoms with van der Waals surface area (Å²) in [6, 6.07) is 7.52. The largest absolute Gasteiger partial charge is 0.497 e. The van der Waals surface area contributed by atoms with E-state index in [9.17, 15) is 4.79 Å². The standard InChI is InChI=1S/C17H19NO3S/c1-11-15-5-7-22-16(15)4-6-18(11)17(19)12-8-13(20-2)10-14(9-12)21-3/h5,7-11H,4,6H2,1-3H3/t11-/m0/s1. The molecule has 116 valence electrons. The third-order valence-electron chi connectivity index (χ3n) is 4.14. The van der Waals surface area contributed by atoms with Crippen molar-refractivity contribution >= 4 is 17.2 Å². The molecule has 1 aromatic heterocycles. The smallest absolute Gasteiger partial charge is 0.254 e. The van der Waals surface area contributed by atoms with Gasteiger partial charge in [0.05, 0.1) is 20.3 Å². The van der Waals surface area contributed by atoms with E-state index in [4.69, 9.17) is 9.47 Å². The van der Waals surface area contributed by atoms with Crippen LogP contribution in [0.15, 0.2) is 29.6 Å². The van der Waals surface area contributed by atoms with E-state index in [0.717, 1.165) is 13.0 Å². The van der Waals surface area contributed by atoms with Crippen molar-refractivity contribution in [3.8, 4) is 11.5 Å². The van der Waals surface area contributed by atoms with Gasteiger partial charge in [-0.3, -0.25) is 4.79 Å². The van der Waals surface area contributed by atoms with Crippen molar-refractivity contribution in [2.24, 2.45) is 0 Å². The Morgan fingerprint density at radius 3 is 2.55 bits per heavy atom. The number of rotatable bonds is 3. The van der Waals surface area contributed by atoms with E-state index >= 15 is 0 Å². The predicted octanol–water partition coefficient (Wildman–Crippen LogP) is 3.52. The van der Waals surface area contributed by atoms with E-state index < -0.39 is 0 Å². The summed E-state index contributed by atoms with van der Waals surface area (Å²) < 4.78 is 10.5. The molecule has 2 aromatic rings. The van der Waals surface area contributed by atoms with Crippen LogP contribution in [0.5, 0.6) is 11.5 Å². The fraction of sp³-hybridized carbons (Fsp3) is 0.353. The lowest BCUT2D eigenvalue weighted by Crippen LogP contribution is -2.38. The molecule has 0 aliphatic carbocycles. The van der Waals surface area contributed by atoms with Gasteiger partial charge in [-0.2, -0.15) is 0 Å². The number of amides is 1. The molecule has 0 unspecified atom stereocenters. The highest BCUT2D eigenvalue weighted by Gasteiger charge is 2.29. The molecule has 1 atom stereocenters. The molecule has 1 aliphatic rings. The number of thiophene rings is 1. The molecule has 1 aromatic carbocycles. The minimum Gasteiger partial charge on any atom is -0.497 e. The molecule has 4 nitrogen and oxygen atoms in total. The minimum atomic E-state index is 0.0153. The van der Waals surface area contributed by atoms with Crippen molar-refractivity contribution in [3.05, 3.63) is 45.6 Å². The Bertz CT molecular complexity index is 673. The Labute approximate surface area is 134 Å². The first kappa shape index (κ1) is 14.9. The minimum absolute atomic E-state index is 0.0153. The normalized spacial score (nSPS) is 17.0. The highest BCUT2D eigenvalue weighted by Crippen LogP contribution is 2.34. The van der Waals surface area contributed by atoms with Gasteiger partial charge >= 0.3 is 0 Å². The van der Waals surface area contributed by atoms with E-state index in [-0.39, 0.29) is 11.9 Å². The molecule has 0 bridgehead atoms. The fourth-order valence-corrected chi connectivity index (χ4v) is 3.85. The summed E-state index contributed by atoms with van der Waals surface area (Å²) in [6.45, 7) is 2.83. The highest BCUT2D eigenvalue weighted by atomic mass is 32.1. The van der Waals surface area contributed by atoms with Crippen molar-refractivity contribution in [2.45, 2.75) is 19.4 Å². The van der Waals surface area contributed by atoms with Crippen molar-refractivity contribution in [1.82, 2.24) is 4.90 Å². The molecule has 2 heterocycles. The molecule has 0 N–H and O–H groups in total. The van der Waals surface area contributed by atoms with Crippen molar-refractivity contribution < 1.29 is 14.3 Å². The summed E-state index contributed by atoms with van der Waals surface area (Å²) in [5.74, 6) is 1.27. The Hall–Kier alpha value is -2.01. The predicted molar refractivity (Wildman–Crippen MR) is 87.0 cm³/mol. The molecular weight excluding hydrogens is 298 g/mol. The average Bonchev–Trinajstić information content (AvgIpc) is 3.03. The number of carbonyl (C=O) groups is 1. The van der Waals surface area contributed by atoms with Crippen molar-refractivity contribution in [1.29, 1.82) is 0 Å². The first-order chi connectivity index (χ1) is 10.6. The van der Waals surface area contributed by atoms with Crippen LogP contribution in [0.4, 0.5) is 0 Å². The van der Waals surface area contributed by atoms with Crippen molar-refractivity contribution in [3.63, 3.8) is 0 Å². The molecular formula is C17H19NO3S. The van der Waals surface area contributed by atoms with Gasteiger partial charge in [0.15, 0.2) is 0 Å². The SMILES string of the molecule is COc1cc(OC)cc(C(=O)N2CCc3sccc3[C@@H]2C)c1. The zero-order valence-electron chi connectivity index (χ0n) is 13.0. The second kappa shape index (κ2) is 6.01. The number of benzene rings is 1. The second-order valence-electron chi connectivity index (χ2n) is 5.32. The number of nitrogens with zero attached hydrogens (tertiary/aromatic N) is 1. The maximum absolute atomic E-state index is 12.9. The summed E-state index contributed by atoms with van der Waals surface area (Å²) in [7, 11) is 3.17. The van der Waals surface area contributed by atoms with Crippen LogP contribution in [0.25, 0.3) is 0 Å². The van der Waals surface area contributed by atoms with Crippen LogP contribution in [0.3, 0.4) is 0 Å². The van der Waals surface area contributed by atoms with E-state index in [0.29, 0.717) is 17.1 Å². The van der Waals surface area contributed by atoms with Gasteiger partial charge in [-0.1, -0.05) is 0 Å². The van der Waals surface area contributed by atoms with Gasteiger partial charge in [-0.25, -0.2) is 0 Å². The topological polar surface area (TPSA) is 38.8 Å². The fourth-order valence-electron chi connectivity index (χ4n) is 2.88. The third-order valence-corrected chi connectivity index (χ3v) is 5.13. The number of fused-ring (bicyclic) bond motifs is 1. The number of methoxy groups -OCH3 is 2. The van der Waals surface area contributed by atoms with Crippen LogP contribution < -0.4 is 9.47 Å². The first-order valence-corrected chi connectivity index (χ1v) is 8.12. The van der Waals surface area contributed by atoms with E-state index in [1.54, 1.807) is 43.8 Å². The van der Waals surface area contributed by atoms with Crippen molar-refractivity contribution in [2.75, 3.05) is 20.8 Å². The van der Waals surface area contributed by atoms with Gasteiger partial charge in [0, 0.05) is 23.1 Å². The first-order valence-electron chi connectivity index (χ1n) is 7.24. The van der Waals surface area contributed by atoms with E-state index in [1.165, 1.54) is 10.4 Å². The molecule has 5 heteroatoms. The summed E-state index contributed by atoms with van der Waals surface area (Å²) in [5.41, 5.74) is 1.86. The zero-order chi connectivity index (χ0) is 15.7. The second-order valence-corrected chi connectivity index (χ2v) is 6.33.